The molecule has 0 unspecified atom stereocenters. The van der Waals surface area contributed by atoms with E-state index >= 15 is 0 Å². The van der Waals surface area contributed by atoms with Gasteiger partial charge in [0.2, 0.25) is 0 Å². The fraction of sp³-hybridized carbons (Fsp3) is 0.167. The maximum Gasteiger partial charge on any atom is 0.161 e. The fourth-order valence-corrected chi connectivity index (χ4v) is 2.35. The number of allylic oxidation sites excluding steroid dienone is 1. The van der Waals surface area contributed by atoms with Crippen LogP contribution in [0, 0.1) is 5.82 Å². The van der Waals surface area contributed by atoms with Gasteiger partial charge in [-0.15, -0.1) is 0 Å². The molecule has 0 aliphatic rings. The van der Waals surface area contributed by atoms with E-state index in [-0.39, 0.29) is 12.4 Å². The lowest BCUT2D eigenvalue weighted by Gasteiger charge is -2.10. The van der Waals surface area contributed by atoms with Crippen molar-refractivity contribution in [3.8, 4) is 11.5 Å². The number of hydrogen-bond donors (Lipinski definition) is 1. The summed E-state index contributed by atoms with van der Waals surface area (Å²) in [6.45, 7) is 2.21. The molecule has 0 amide bonds. The number of H-pyrrole nitrogens is 1. The lowest BCUT2D eigenvalue weighted by Crippen LogP contribution is -1.99. The highest BCUT2D eigenvalue weighted by Crippen LogP contribution is 2.29. The lowest BCUT2D eigenvalue weighted by molar-refractivity contribution is 0.277. The first-order chi connectivity index (χ1) is 11.2. The first kappa shape index (κ1) is 15.1. The van der Waals surface area contributed by atoms with Crippen LogP contribution in [0.1, 0.15) is 18.3 Å². The van der Waals surface area contributed by atoms with Crippen molar-refractivity contribution < 1.29 is 13.9 Å². The van der Waals surface area contributed by atoms with Crippen molar-refractivity contribution in [2.24, 2.45) is 0 Å². The van der Waals surface area contributed by atoms with Crippen LogP contribution in [0.25, 0.3) is 17.1 Å². The zero-order chi connectivity index (χ0) is 16.2. The van der Waals surface area contributed by atoms with Gasteiger partial charge >= 0.3 is 0 Å². The third-order valence-corrected chi connectivity index (χ3v) is 3.40. The van der Waals surface area contributed by atoms with Crippen LogP contribution in [0.5, 0.6) is 11.5 Å². The fourth-order valence-electron chi connectivity index (χ4n) is 2.35. The Labute approximate surface area is 133 Å². The van der Waals surface area contributed by atoms with Gasteiger partial charge in [-0.3, -0.25) is 0 Å². The van der Waals surface area contributed by atoms with Gasteiger partial charge in [-0.1, -0.05) is 18.2 Å². The highest BCUT2D eigenvalue weighted by atomic mass is 19.1. The van der Waals surface area contributed by atoms with Gasteiger partial charge in [-0.25, -0.2) is 9.37 Å². The van der Waals surface area contributed by atoms with Gasteiger partial charge in [0.1, 0.15) is 18.2 Å². The molecule has 2 aromatic carbocycles. The van der Waals surface area contributed by atoms with Crippen LogP contribution in [-0.2, 0) is 6.61 Å². The maximum atomic E-state index is 13.2. The number of aromatic amines is 1. The Balaban J connectivity index is 1.78. The van der Waals surface area contributed by atoms with Crippen LogP contribution >= 0.6 is 0 Å². The van der Waals surface area contributed by atoms with E-state index < -0.39 is 0 Å². The number of halogens is 1. The molecule has 0 radical (unpaired) electrons. The van der Waals surface area contributed by atoms with Crippen molar-refractivity contribution in [2.45, 2.75) is 13.5 Å². The van der Waals surface area contributed by atoms with Crippen LogP contribution in [0.2, 0.25) is 0 Å². The molecule has 0 fully saturated rings. The zero-order valence-electron chi connectivity index (χ0n) is 13.0. The van der Waals surface area contributed by atoms with Gasteiger partial charge < -0.3 is 14.5 Å². The van der Waals surface area contributed by atoms with E-state index in [1.165, 1.54) is 12.1 Å². The Bertz CT molecular complexity index is 855. The summed E-state index contributed by atoms with van der Waals surface area (Å²) in [5.41, 5.74) is 2.40. The summed E-state index contributed by atoms with van der Waals surface area (Å²) < 4.78 is 24.3. The molecule has 4 nitrogen and oxygen atoms in total. The molecule has 0 aliphatic heterocycles. The molecule has 1 N–H and O–H groups in total. The molecule has 23 heavy (non-hydrogen) atoms. The van der Waals surface area contributed by atoms with Crippen LogP contribution < -0.4 is 9.47 Å². The lowest BCUT2D eigenvalue weighted by atomic mass is 10.2. The molecule has 0 bridgehead atoms. The van der Waals surface area contributed by atoms with Gasteiger partial charge in [-0.05, 0) is 42.8 Å². The molecule has 1 aromatic heterocycles. The van der Waals surface area contributed by atoms with E-state index in [1.807, 2.05) is 37.3 Å². The van der Waals surface area contributed by atoms with Crippen molar-refractivity contribution in [3.63, 3.8) is 0 Å². The molecule has 3 rings (SSSR count). The van der Waals surface area contributed by atoms with Gasteiger partial charge in [0.15, 0.2) is 11.5 Å². The Morgan fingerprint density at radius 3 is 2.83 bits per heavy atom. The molecular weight excluding hydrogens is 295 g/mol. The zero-order valence-corrected chi connectivity index (χ0v) is 13.0. The first-order valence-electron chi connectivity index (χ1n) is 7.27. The summed E-state index contributed by atoms with van der Waals surface area (Å²) in [6.07, 6.45) is 3.95. The Morgan fingerprint density at radius 2 is 2.04 bits per heavy atom. The van der Waals surface area contributed by atoms with Crippen molar-refractivity contribution in [1.82, 2.24) is 9.97 Å². The van der Waals surface area contributed by atoms with Crippen molar-refractivity contribution in [3.05, 3.63) is 59.7 Å². The SMILES string of the molecule is CC=Cc1ccc(OCc2nc3ccc(F)cc3[nH]2)c(OC)c1. The van der Waals surface area contributed by atoms with Crippen molar-refractivity contribution in [2.75, 3.05) is 7.11 Å². The molecule has 0 saturated heterocycles. The monoisotopic (exact) mass is 312 g/mol. The topological polar surface area (TPSA) is 47.1 Å². The van der Waals surface area contributed by atoms with E-state index in [0.29, 0.717) is 28.4 Å². The predicted octanol–water partition coefficient (Wildman–Crippen LogP) is 4.32. The number of ether oxygens (including phenoxy) is 2. The van der Waals surface area contributed by atoms with Gasteiger partial charge in [0, 0.05) is 0 Å². The molecule has 3 aromatic rings. The number of nitrogens with one attached hydrogen (secondary N) is 1. The van der Waals surface area contributed by atoms with Gasteiger partial charge in [0.25, 0.3) is 0 Å². The molecule has 0 saturated carbocycles. The number of nitrogens with zero attached hydrogens (tertiary/aromatic N) is 1. The largest absolute Gasteiger partial charge is 0.493 e. The molecule has 0 aliphatic carbocycles. The van der Waals surface area contributed by atoms with Crippen LogP contribution in [-0.4, -0.2) is 17.1 Å². The second-order valence-electron chi connectivity index (χ2n) is 5.04. The van der Waals surface area contributed by atoms with E-state index in [1.54, 1.807) is 13.2 Å². The first-order valence-corrected chi connectivity index (χ1v) is 7.27. The summed E-state index contributed by atoms with van der Waals surface area (Å²) in [7, 11) is 1.60. The summed E-state index contributed by atoms with van der Waals surface area (Å²) in [4.78, 5) is 7.42. The average molecular weight is 312 g/mol. The number of rotatable bonds is 5. The number of hydrogen-bond acceptors (Lipinski definition) is 3. The Hall–Kier alpha value is -2.82. The minimum absolute atomic E-state index is 0.246. The van der Waals surface area contributed by atoms with Crippen LogP contribution in [0.15, 0.2) is 42.5 Å². The number of imidazole rings is 1. The van der Waals surface area contributed by atoms with Crippen molar-refractivity contribution in [1.29, 1.82) is 0 Å². The standard InChI is InChI=1S/C18H17FN2O2/c1-3-4-12-5-8-16(17(9-12)22-2)23-11-18-20-14-7-6-13(19)10-15(14)21-18/h3-10H,11H2,1-2H3,(H,20,21). The number of methoxy groups -OCH3 is 1. The third kappa shape index (κ3) is 3.34. The minimum Gasteiger partial charge on any atom is -0.493 e. The Kier molecular flexibility index (Phi) is 4.28. The third-order valence-electron chi connectivity index (χ3n) is 3.40. The maximum absolute atomic E-state index is 13.2. The number of benzene rings is 2. The number of fused-ring (bicyclic) bond motifs is 1. The van der Waals surface area contributed by atoms with E-state index in [4.69, 9.17) is 9.47 Å². The summed E-state index contributed by atoms with van der Waals surface area (Å²) in [5.74, 6) is 1.62. The Morgan fingerprint density at radius 1 is 1.17 bits per heavy atom. The highest BCUT2D eigenvalue weighted by Gasteiger charge is 2.08. The molecule has 1 heterocycles. The van der Waals surface area contributed by atoms with E-state index in [2.05, 4.69) is 9.97 Å². The molecular formula is C18H17FN2O2. The summed E-state index contributed by atoms with van der Waals surface area (Å²) >= 11 is 0. The molecule has 118 valence electrons. The predicted molar refractivity (Wildman–Crippen MR) is 88.1 cm³/mol. The van der Waals surface area contributed by atoms with E-state index in [9.17, 15) is 4.39 Å². The molecule has 5 heteroatoms. The smallest absolute Gasteiger partial charge is 0.161 e. The van der Waals surface area contributed by atoms with Crippen molar-refractivity contribution >= 4 is 17.1 Å². The second kappa shape index (κ2) is 6.52. The average Bonchev–Trinajstić information content (AvgIpc) is 2.95. The normalized spacial score (nSPS) is 11.3. The van der Waals surface area contributed by atoms with Gasteiger partial charge in [-0.2, -0.15) is 0 Å². The van der Waals surface area contributed by atoms with Crippen LogP contribution in [0.3, 0.4) is 0 Å². The quantitative estimate of drug-likeness (QED) is 0.763. The molecule has 0 atom stereocenters. The molecule has 0 spiro atoms. The second-order valence-corrected chi connectivity index (χ2v) is 5.04. The van der Waals surface area contributed by atoms with Crippen LogP contribution in [0.4, 0.5) is 4.39 Å². The highest BCUT2D eigenvalue weighted by molar-refractivity contribution is 5.74. The summed E-state index contributed by atoms with van der Waals surface area (Å²) in [5, 5.41) is 0. The van der Waals surface area contributed by atoms with Gasteiger partial charge in [0.05, 0.1) is 18.1 Å². The van der Waals surface area contributed by atoms with E-state index in [0.717, 1.165) is 5.56 Å². The summed E-state index contributed by atoms with van der Waals surface area (Å²) in [6, 6.07) is 10.2. The number of aromatic nitrogens is 2. The minimum atomic E-state index is -0.296.